The number of nitrogens with two attached hydrogens (primary N) is 1. The Morgan fingerprint density at radius 3 is 2.43 bits per heavy atom. The molecule has 4 heteroatoms. The van der Waals surface area contributed by atoms with Crippen molar-refractivity contribution in [1.82, 2.24) is 4.90 Å². The molecule has 21 heavy (non-hydrogen) atoms. The lowest BCUT2D eigenvalue weighted by Gasteiger charge is -2.33. The Bertz CT molecular complexity index is 522. The summed E-state index contributed by atoms with van der Waals surface area (Å²) in [5.74, 6) is 0.878. The number of likely N-dealkylation sites (N-methyl/N-ethyl adjacent to an activating group) is 1. The maximum atomic E-state index is 6.28. The Labute approximate surface area is 131 Å². The van der Waals surface area contributed by atoms with Gasteiger partial charge in [0.05, 0.1) is 7.11 Å². The standard InChI is InChI=1S/C17H24N2OS/c1-4-19(12-16-6-5-11-21-16)17(13(2)18)14-7-9-15(20-3)10-8-14/h5-11,13,17H,4,12,18H2,1-3H3. The Kier molecular flexibility index (Phi) is 5.79. The average Bonchev–Trinajstić information content (AvgIpc) is 3.00. The summed E-state index contributed by atoms with van der Waals surface area (Å²) in [6.45, 7) is 6.17. The summed E-state index contributed by atoms with van der Waals surface area (Å²) in [6, 6.07) is 12.8. The van der Waals surface area contributed by atoms with Crippen LogP contribution in [0.5, 0.6) is 5.75 Å². The number of thiophene rings is 1. The van der Waals surface area contributed by atoms with Crippen LogP contribution in [0.25, 0.3) is 0 Å². The number of benzene rings is 1. The van der Waals surface area contributed by atoms with Gasteiger partial charge in [-0.05, 0) is 42.6 Å². The van der Waals surface area contributed by atoms with Gasteiger partial charge in [0.15, 0.2) is 0 Å². The summed E-state index contributed by atoms with van der Waals surface area (Å²) in [4.78, 5) is 3.80. The molecule has 0 saturated carbocycles. The van der Waals surface area contributed by atoms with Gasteiger partial charge in [-0.1, -0.05) is 25.1 Å². The summed E-state index contributed by atoms with van der Waals surface area (Å²) < 4.78 is 5.24. The van der Waals surface area contributed by atoms with E-state index in [4.69, 9.17) is 10.5 Å². The molecule has 1 aromatic heterocycles. The highest BCUT2D eigenvalue weighted by atomic mass is 32.1. The first-order valence-corrected chi connectivity index (χ1v) is 8.19. The molecule has 3 nitrogen and oxygen atoms in total. The van der Waals surface area contributed by atoms with Crippen LogP contribution in [-0.2, 0) is 6.54 Å². The van der Waals surface area contributed by atoms with Crippen LogP contribution in [0.3, 0.4) is 0 Å². The predicted octanol–water partition coefficient (Wildman–Crippen LogP) is 3.67. The normalized spacial score (nSPS) is 14.1. The molecular weight excluding hydrogens is 280 g/mol. The Morgan fingerprint density at radius 1 is 1.24 bits per heavy atom. The Balaban J connectivity index is 2.22. The zero-order valence-corrected chi connectivity index (χ0v) is 13.8. The fourth-order valence-electron chi connectivity index (χ4n) is 2.66. The van der Waals surface area contributed by atoms with E-state index in [2.05, 4.69) is 48.4 Å². The van der Waals surface area contributed by atoms with Crippen LogP contribution in [0.4, 0.5) is 0 Å². The molecule has 2 aromatic rings. The van der Waals surface area contributed by atoms with E-state index in [1.807, 2.05) is 12.1 Å². The van der Waals surface area contributed by atoms with E-state index in [0.717, 1.165) is 18.8 Å². The van der Waals surface area contributed by atoms with Crippen molar-refractivity contribution in [2.75, 3.05) is 13.7 Å². The highest BCUT2D eigenvalue weighted by molar-refractivity contribution is 7.09. The molecule has 114 valence electrons. The van der Waals surface area contributed by atoms with Crippen molar-refractivity contribution in [3.63, 3.8) is 0 Å². The fraction of sp³-hybridized carbons (Fsp3) is 0.412. The molecular formula is C17H24N2OS. The number of methoxy groups -OCH3 is 1. The molecule has 1 aromatic carbocycles. The summed E-state index contributed by atoms with van der Waals surface area (Å²) in [6.07, 6.45) is 0. The van der Waals surface area contributed by atoms with Crippen LogP contribution < -0.4 is 10.5 Å². The Hall–Kier alpha value is -1.36. The van der Waals surface area contributed by atoms with E-state index in [-0.39, 0.29) is 12.1 Å². The van der Waals surface area contributed by atoms with Crippen molar-refractivity contribution in [3.8, 4) is 5.75 Å². The van der Waals surface area contributed by atoms with Crippen molar-refractivity contribution < 1.29 is 4.74 Å². The van der Waals surface area contributed by atoms with Gasteiger partial charge in [-0.3, -0.25) is 4.90 Å². The lowest BCUT2D eigenvalue weighted by atomic mass is 9.99. The van der Waals surface area contributed by atoms with Crippen molar-refractivity contribution >= 4 is 11.3 Å². The lowest BCUT2D eigenvalue weighted by molar-refractivity contribution is 0.178. The second-order valence-corrected chi connectivity index (χ2v) is 6.25. The third-order valence-corrected chi connectivity index (χ3v) is 4.56. The van der Waals surface area contributed by atoms with Gasteiger partial charge in [-0.2, -0.15) is 0 Å². The molecule has 2 unspecified atom stereocenters. The summed E-state index contributed by atoms with van der Waals surface area (Å²) in [7, 11) is 1.69. The first-order valence-electron chi connectivity index (χ1n) is 7.31. The van der Waals surface area contributed by atoms with Crippen molar-refractivity contribution in [2.45, 2.75) is 32.5 Å². The zero-order valence-electron chi connectivity index (χ0n) is 13.0. The van der Waals surface area contributed by atoms with E-state index in [1.165, 1.54) is 10.4 Å². The third kappa shape index (κ3) is 4.06. The highest BCUT2D eigenvalue weighted by Crippen LogP contribution is 2.27. The minimum atomic E-state index is 0.0679. The second kappa shape index (κ2) is 7.59. The molecule has 2 N–H and O–H groups in total. The summed E-state index contributed by atoms with van der Waals surface area (Å²) in [5.41, 5.74) is 7.52. The van der Waals surface area contributed by atoms with Gasteiger partial charge < -0.3 is 10.5 Å². The number of nitrogens with zero attached hydrogens (tertiary/aromatic N) is 1. The van der Waals surface area contributed by atoms with Crippen molar-refractivity contribution in [3.05, 3.63) is 52.2 Å². The monoisotopic (exact) mass is 304 g/mol. The SMILES string of the molecule is CCN(Cc1cccs1)C(c1ccc(OC)cc1)C(C)N. The molecule has 0 radical (unpaired) electrons. The van der Waals surface area contributed by atoms with E-state index < -0.39 is 0 Å². The van der Waals surface area contributed by atoms with Gasteiger partial charge in [0, 0.05) is 23.5 Å². The van der Waals surface area contributed by atoms with Crippen LogP contribution in [0.15, 0.2) is 41.8 Å². The number of ether oxygens (including phenoxy) is 1. The highest BCUT2D eigenvalue weighted by Gasteiger charge is 2.23. The number of hydrogen-bond acceptors (Lipinski definition) is 4. The van der Waals surface area contributed by atoms with Gasteiger partial charge in [0.1, 0.15) is 5.75 Å². The number of rotatable bonds is 7. The van der Waals surface area contributed by atoms with E-state index in [9.17, 15) is 0 Å². The maximum absolute atomic E-state index is 6.28. The van der Waals surface area contributed by atoms with Crippen molar-refractivity contribution in [2.24, 2.45) is 5.73 Å². The molecule has 2 atom stereocenters. The van der Waals surface area contributed by atoms with Gasteiger partial charge in [0.25, 0.3) is 0 Å². The number of hydrogen-bond donors (Lipinski definition) is 1. The predicted molar refractivity (Wildman–Crippen MR) is 89.8 cm³/mol. The molecule has 0 fully saturated rings. The average molecular weight is 304 g/mol. The van der Waals surface area contributed by atoms with E-state index in [1.54, 1.807) is 18.4 Å². The molecule has 1 heterocycles. The minimum Gasteiger partial charge on any atom is -0.497 e. The first-order chi connectivity index (χ1) is 10.2. The van der Waals surface area contributed by atoms with Gasteiger partial charge >= 0.3 is 0 Å². The lowest BCUT2D eigenvalue weighted by Crippen LogP contribution is -2.39. The molecule has 0 spiro atoms. The van der Waals surface area contributed by atoms with Crippen LogP contribution in [0, 0.1) is 0 Å². The van der Waals surface area contributed by atoms with Crippen LogP contribution in [0.2, 0.25) is 0 Å². The van der Waals surface area contributed by atoms with Crippen LogP contribution in [-0.4, -0.2) is 24.6 Å². The summed E-state index contributed by atoms with van der Waals surface area (Å²) >= 11 is 1.79. The second-order valence-electron chi connectivity index (χ2n) is 5.22. The molecule has 0 bridgehead atoms. The quantitative estimate of drug-likeness (QED) is 0.848. The topological polar surface area (TPSA) is 38.5 Å². The molecule has 0 saturated heterocycles. The fourth-order valence-corrected chi connectivity index (χ4v) is 3.39. The van der Waals surface area contributed by atoms with Crippen molar-refractivity contribution in [1.29, 1.82) is 0 Å². The smallest absolute Gasteiger partial charge is 0.118 e. The molecule has 0 aliphatic carbocycles. The van der Waals surface area contributed by atoms with Gasteiger partial charge in [-0.25, -0.2) is 0 Å². The molecule has 0 aliphatic heterocycles. The maximum Gasteiger partial charge on any atom is 0.118 e. The van der Waals surface area contributed by atoms with Crippen LogP contribution >= 0.6 is 11.3 Å². The molecule has 0 aliphatic rings. The largest absolute Gasteiger partial charge is 0.497 e. The molecule has 2 rings (SSSR count). The van der Waals surface area contributed by atoms with Gasteiger partial charge in [-0.15, -0.1) is 11.3 Å². The van der Waals surface area contributed by atoms with Crippen LogP contribution in [0.1, 0.15) is 30.3 Å². The Morgan fingerprint density at radius 2 is 1.95 bits per heavy atom. The minimum absolute atomic E-state index is 0.0679. The third-order valence-electron chi connectivity index (χ3n) is 3.69. The first kappa shape index (κ1) is 16.0. The molecule has 0 amide bonds. The summed E-state index contributed by atoms with van der Waals surface area (Å²) in [5, 5.41) is 2.12. The van der Waals surface area contributed by atoms with E-state index >= 15 is 0 Å². The zero-order chi connectivity index (χ0) is 15.2. The van der Waals surface area contributed by atoms with Gasteiger partial charge in [0.2, 0.25) is 0 Å². The van der Waals surface area contributed by atoms with E-state index in [0.29, 0.717) is 0 Å².